The Labute approximate surface area is 115 Å². The van der Waals surface area contributed by atoms with Crippen molar-refractivity contribution in [1.82, 2.24) is 5.32 Å². The van der Waals surface area contributed by atoms with Crippen LogP contribution in [0.4, 0.5) is 0 Å². The van der Waals surface area contributed by atoms with E-state index < -0.39 is 0 Å². The molecular weight excluding hydrogens is 253 g/mol. The topological polar surface area (TPSA) is 12.0 Å². The number of rotatable bonds is 7. The van der Waals surface area contributed by atoms with Crippen molar-refractivity contribution in [3.63, 3.8) is 0 Å². The maximum absolute atomic E-state index is 6.13. The number of nitrogens with one attached hydrogen (secondary N) is 1. The van der Waals surface area contributed by atoms with Crippen LogP contribution in [0.25, 0.3) is 0 Å². The van der Waals surface area contributed by atoms with Crippen LogP contribution in [-0.2, 0) is 6.42 Å². The summed E-state index contributed by atoms with van der Waals surface area (Å²) >= 11 is 12.1. The molecule has 1 nitrogen and oxygen atoms in total. The zero-order valence-corrected chi connectivity index (χ0v) is 12.1. The lowest BCUT2D eigenvalue weighted by atomic mass is 10.0. The third-order valence-electron chi connectivity index (χ3n) is 2.99. The standard InChI is InChI=1S/C14H21Cl2N/c1-3-13(17-4-2)7-5-6-11-10-12(15)8-9-14(11)16/h8-10,13,17H,3-7H2,1-2H3. The van der Waals surface area contributed by atoms with E-state index in [0.29, 0.717) is 6.04 Å². The summed E-state index contributed by atoms with van der Waals surface area (Å²) in [6.07, 6.45) is 4.51. The first-order valence-electron chi connectivity index (χ1n) is 6.34. The predicted molar refractivity (Wildman–Crippen MR) is 77.2 cm³/mol. The number of hydrogen-bond acceptors (Lipinski definition) is 1. The van der Waals surface area contributed by atoms with Gasteiger partial charge in [0.2, 0.25) is 0 Å². The Balaban J connectivity index is 2.42. The molecule has 1 N–H and O–H groups in total. The van der Waals surface area contributed by atoms with E-state index in [4.69, 9.17) is 23.2 Å². The molecule has 0 aliphatic heterocycles. The minimum Gasteiger partial charge on any atom is -0.314 e. The number of benzene rings is 1. The van der Waals surface area contributed by atoms with Gasteiger partial charge in [-0.1, -0.05) is 37.0 Å². The first-order valence-corrected chi connectivity index (χ1v) is 7.10. The van der Waals surface area contributed by atoms with E-state index in [0.717, 1.165) is 35.0 Å². The molecular formula is C14H21Cl2N. The van der Waals surface area contributed by atoms with Crippen molar-refractivity contribution in [2.24, 2.45) is 0 Å². The lowest BCUT2D eigenvalue weighted by molar-refractivity contribution is 0.467. The largest absolute Gasteiger partial charge is 0.314 e. The summed E-state index contributed by atoms with van der Waals surface area (Å²) in [5.74, 6) is 0. The third kappa shape index (κ3) is 5.29. The summed E-state index contributed by atoms with van der Waals surface area (Å²) in [6, 6.07) is 6.30. The molecule has 0 bridgehead atoms. The number of aryl methyl sites for hydroxylation is 1. The minimum absolute atomic E-state index is 0.623. The van der Waals surface area contributed by atoms with Crippen LogP contribution in [0.15, 0.2) is 18.2 Å². The molecule has 0 heterocycles. The Morgan fingerprint density at radius 2 is 2.00 bits per heavy atom. The van der Waals surface area contributed by atoms with Gasteiger partial charge < -0.3 is 5.32 Å². The van der Waals surface area contributed by atoms with Crippen molar-refractivity contribution in [1.29, 1.82) is 0 Å². The van der Waals surface area contributed by atoms with Crippen LogP contribution in [0, 0.1) is 0 Å². The fraction of sp³-hybridized carbons (Fsp3) is 0.571. The summed E-state index contributed by atoms with van der Waals surface area (Å²) in [7, 11) is 0. The molecule has 0 aliphatic carbocycles. The average Bonchev–Trinajstić information content (AvgIpc) is 2.32. The van der Waals surface area contributed by atoms with Gasteiger partial charge in [-0.05, 0) is 56.0 Å². The molecule has 0 radical (unpaired) electrons. The highest BCUT2D eigenvalue weighted by Gasteiger charge is 2.06. The fourth-order valence-corrected chi connectivity index (χ4v) is 2.42. The van der Waals surface area contributed by atoms with Crippen LogP contribution in [-0.4, -0.2) is 12.6 Å². The van der Waals surface area contributed by atoms with Crippen molar-refractivity contribution in [3.05, 3.63) is 33.8 Å². The van der Waals surface area contributed by atoms with E-state index in [1.807, 2.05) is 18.2 Å². The highest BCUT2D eigenvalue weighted by atomic mass is 35.5. The van der Waals surface area contributed by atoms with Crippen molar-refractivity contribution >= 4 is 23.2 Å². The second kappa shape index (κ2) is 7.97. The van der Waals surface area contributed by atoms with Gasteiger partial charge in [-0.2, -0.15) is 0 Å². The van der Waals surface area contributed by atoms with Gasteiger partial charge >= 0.3 is 0 Å². The second-order valence-electron chi connectivity index (χ2n) is 4.29. The quantitative estimate of drug-likeness (QED) is 0.759. The Kier molecular flexibility index (Phi) is 6.94. The van der Waals surface area contributed by atoms with Gasteiger partial charge in [0.15, 0.2) is 0 Å². The molecule has 17 heavy (non-hydrogen) atoms. The van der Waals surface area contributed by atoms with E-state index in [2.05, 4.69) is 19.2 Å². The van der Waals surface area contributed by atoms with Crippen LogP contribution in [0.3, 0.4) is 0 Å². The van der Waals surface area contributed by atoms with Crippen molar-refractivity contribution < 1.29 is 0 Å². The van der Waals surface area contributed by atoms with E-state index in [9.17, 15) is 0 Å². The van der Waals surface area contributed by atoms with Crippen LogP contribution in [0.2, 0.25) is 10.0 Å². The fourth-order valence-electron chi connectivity index (χ4n) is 2.01. The van der Waals surface area contributed by atoms with Gasteiger partial charge in [0.1, 0.15) is 0 Å². The molecule has 1 unspecified atom stereocenters. The minimum atomic E-state index is 0.623. The number of halogens is 2. The van der Waals surface area contributed by atoms with Gasteiger partial charge in [-0.3, -0.25) is 0 Å². The molecule has 1 rings (SSSR count). The molecule has 1 aromatic rings. The van der Waals surface area contributed by atoms with Crippen LogP contribution >= 0.6 is 23.2 Å². The number of hydrogen-bond donors (Lipinski definition) is 1. The summed E-state index contributed by atoms with van der Waals surface area (Å²) in [5.41, 5.74) is 1.16. The van der Waals surface area contributed by atoms with Crippen LogP contribution in [0.1, 0.15) is 38.7 Å². The molecule has 1 aromatic carbocycles. The Morgan fingerprint density at radius 1 is 1.24 bits per heavy atom. The maximum atomic E-state index is 6.13. The van der Waals surface area contributed by atoms with E-state index >= 15 is 0 Å². The molecule has 0 saturated heterocycles. The summed E-state index contributed by atoms with van der Waals surface area (Å²) in [4.78, 5) is 0. The summed E-state index contributed by atoms with van der Waals surface area (Å²) in [6.45, 7) is 5.41. The normalized spacial score (nSPS) is 12.7. The molecule has 0 spiro atoms. The average molecular weight is 274 g/mol. The van der Waals surface area contributed by atoms with Gasteiger partial charge in [0.05, 0.1) is 0 Å². The van der Waals surface area contributed by atoms with E-state index in [1.165, 1.54) is 12.8 Å². The lowest BCUT2D eigenvalue weighted by Crippen LogP contribution is -2.28. The molecule has 3 heteroatoms. The Morgan fingerprint density at radius 3 is 2.65 bits per heavy atom. The maximum Gasteiger partial charge on any atom is 0.0439 e. The molecule has 0 aromatic heterocycles. The summed E-state index contributed by atoms with van der Waals surface area (Å²) < 4.78 is 0. The van der Waals surface area contributed by atoms with E-state index in [-0.39, 0.29) is 0 Å². The molecule has 0 saturated carbocycles. The van der Waals surface area contributed by atoms with Gasteiger partial charge in [-0.15, -0.1) is 0 Å². The van der Waals surface area contributed by atoms with Crippen molar-refractivity contribution in [2.45, 2.75) is 45.6 Å². The van der Waals surface area contributed by atoms with Crippen LogP contribution < -0.4 is 5.32 Å². The zero-order valence-electron chi connectivity index (χ0n) is 10.6. The monoisotopic (exact) mass is 273 g/mol. The third-order valence-corrected chi connectivity index (χ3v) is 3.60. The predicted octanol–water partition coefficient (Wildman–Crippen LogP) is 4.70. The van der Waals surface area contributed by atoms with Gasteiger partial charge in [0, 0.05) is 16.1 Å². The highest BCUT2D eigenvalue weighted by molar-refractivity contribution is 6.33. The molecule has 96 valence electrons. The van der Waals surface area contributed by atoms with Crippen molar-refractivity contribution in [3.8, 4) is 0 Å². The lowest BCUT2D eigenvalue weighted by Gasteiger charge is -2.15. The zero-order chi connectivity index (χ0) is 12.7. The van der Waals surface area contributed by atoms with Gasteiger partial charge in [-0.25, -0.2) is 0 Å². The Bertz CT molecular complexity index is 339. The first kappa shape index (κ1) is 14.8. The summed E-state index contributed by atoms with van der Waals surface area (Å²) in [5, 5.41) is 5.08. The molecule has 1 atom stereocenters. The van der Waals surface area contributed by atoms with Crippen molar-refractivity contribution in [2.75, 3.05) is 6.54 Å². The van der Waals surface area contributed by atoms with Crippen LogP contribution in [0.5, 0.6) is 0 Å². The highest BCUT2D eigenvalue weighted by Crippen LogP contribution is 2.22. The first-order chi connectivity index (χ1) is 8.17. The SMILES string of the molecule is CCNC(CC)CCCc1cc(Cl)ccc1Cl. The Hall–Kier alpha value is -0.240. The smallest absolute Gasteiger partial charge is 0.0439 e. The molecule has 0 fully saturated rings. The molecule has 0 amide bonds. The van der Waals surface area contributed by atoms with Gasteiger partial charge in [0.25, 0.3) is 0 Å². The second-order valence-corrected chi connectivity index (χ2v) is 5.13. The van der Waals surface area contributed by atoms with E-state index in [1.54, 1.807) is 0 Å². The molecule has 0 aliphatic rings.